The fraction of sp³-hybridized carbons (Fsp3) is 0.522. The van der Waals surface area contributed by atoms with Gasteiger partial charge in [-0.3, -0.25) is 0 Å². The molecule has 5 atom stereocenters. The lowest BCUT2D eigenvalue weighted by Gasteiger charge is -2.41. The van der Waals surface area contributed by atoms with E-state index in [1.807, 2.05) is 0 Å². The highest BCUT2D eigenvalue weighted by Crippen LogP contribution is 2.57. The molecule has 4 rings (SSSR count). The van der Waals surface area contributed by atoms with Gasteiger partial charge < -0.3 is 29.2 Å². The molecule has 3 saturated heterocycles. The average Bonchev–Trinajstić information content (AvgIpc) is 3.22. The van der Waals surface area contributed by atoms with Crippen molar-refractivity contribution in [1.29, 1.82) is 0 Å². The Morgan fingerprint density at radius 1 is 1.31 bits per heavy atom. The van der Waals surface area contributed by atoms with Gasteiger partial charge in [0.1, 0.15) is 23.1 Å². The van der Waals surface area contributed by atoms with Crippen LogP contribution in [0.2, 0.25) is 0 Å². The van der Waals surface area contributed by atoms with Gasteiger partial charge in [0.25, 0.3) is 0 Å². The molecule has 32 heavy (non-hydrogen) atoms. The van der Waals surface area contributed by atoms with Crippen LogP contribution in [-0.2, 0) is 33.3 Å². The average molecular weight is 446 g/mol. The zero-order valence-corrected chi connectivity index (χ0v) is 18.2. The Labute approximate surface area is 185 Å². The minimum absolute atomic E-state index is 0.0792. The Morgan fingerprint density at radius 3 is 2.62 bits per heavy atom. The molecule has 0 aromatic rings. The summed E-state index contributed by atoms with van der Waals surface area (Å²) in [6.45, 7) is 11.6. The molecule has 172 valence electrons. The van der Waals surface area contributed by atoms with Crippen LogP contribution in [0.1, 0.15) is 40.0 Å². The van der Waals surface area contributed by atoms with Crippen LogP contribution in [0.4, 0.5) is 0 Å². The first-order valence-electron chi connectivity index (χ1n) is 10.3. The van der Waals surface area contributed by atoms with Crippen LogP contribution < -0.4 is 0 Å². The summed E-state index contributed by atoms with van der Waals surface area (Å²) in [5.74, 6) is -2.22. The van der Waals surface area contributed by atoms with Crippen LogP contribution in [0.3, 0.4) is 0 Å². The van der Waals surface area contributed by atoms with Gasteiger partial charge in [-0.2, -0.15) is 0 Å². The van der Waals surface area contributed by atoms with Gasteiger partial charge in [-0.25, -0.2) is 14.4 Å². The minimum Gasteiger partial charge on any atom is -0.455 e. The highest BCUT2D eigenvalue weighted by Gasteiger charge is 2.70. The molecule has 0 amide bonds. The zero-order valence-electron chi connectivity index (χ0n) is 18.2. The Morgan fingerprint density at radius 2 is 2.00 bits per heavy atom. The fourth-order valence-corrected chi connectivity index (χ4v) is 5.09. The number of hydrogen-bond acceptors (Lipinski definition) is 9. The van der Waals surface area contributed by atoms with E-state index < -0.39 is 53.0 Å². The summed E-state index contributed by atoms with van der Waals surface area (Å²) in [4.78, 5) is 37.7. The van der Waals surface area contributed by atoms with Crippen LogP contribution in [0.15, 0.2) is 47.8 Å². The first-order chi connectivity index (χ1) is 14.9. The molecule has 1 spiro atoms. The van der Waals surface area contributed by atoms with E-state index in [0.717, 1.165) is 0 Å². The highest BCUT2D eigenvalue weighted by atomic mass is 16.6. The number of carbonyl (C=O) groups is 3. The lowest BCUT2D eigenvalue weighted by Crippen LogP contribution is -2.56. The summed E-state index contributed by atoms with van der Waals surface area (Å²) in [5, 5.41) is 21.0. The van der Waals surface area contributed by atoms with Crippen LogP contribution in [0, 0.1) is 0 Å². The molecular formula is C23H26O9. The van der Waals surface area contributed by atoms with Crippen LogP contribution in [-0.4, -0.2) is 63.2 Å². The fourth-order valence-electron chi connectivity index (χ4n) is 5.09. The first-order valence-corrected chi connectivity index (χ1v) is 10.3. The monoisotopic (exact) mass is 446 g/mol. The predicted octanol–water partition coefficient (Wildman–Crippen LogP) is 1.15. The van der Waals surface area contributed by atoms with Gasteiger partial charge in [-0.15, -0.1) is 0 Å². The van der Waals surface area contributed by atoms with E-state index in [4.69, 9.17) is 18.9 Å². The molecule has 0 radical (unpaired) electrons. The summed E-state index contributed by atoms with van der Waals surface area (Å²) < 4.78 is 23.1. The number of rotatable bonds is 3. The summed E-state index contributed by atoms with van der Waals surface area (Å²) in [5.41, 5.74) is -6.12. The van der Waals surface area contributed by atoms with Crippen molar-refractivity contribution in [1.82, 2.24) is 0 Å². The molecule has 5 unspecified atom stereocenters. The normalized spacial score (nSPS) is 41.7. The number of aliphatic hydroxyl groups excluding tert-OH is 1. The zero-order chi connectivity index (χ0) is 23.7. The van der Waals surface area contributed by atoms with E-state index in [9.17, 15) is 24.6 Å². The lowest BCUT2D eigenvalue weighted by molar-refractivity contribution is -0.183. The molecule has 3 fully saturated rings. The lowest BCUT2D eigenvalue weighted by atomic mass is 9.71. The van der Waals surface area contributed by atoms with Crippen LogP contribution in [0.5, 0.6) is 0 Å². The predicted molar refractivity (Wildman–Crippen MR) is 109 cm³/mol. The van der Waals surface area contributed by atoms with Gasteiger partial charge in [-0.1, -0.05) is 19.2 Å². The summed E-state index contributed by atoms with van der Waals surface area (Å²) in [6.07, 6.45) is 1.93. The van der Waals surface area contributed by atoms with Crippen molar-refractivity contribution in [3.63, 3.8) is 0 Å². The number of aliphatic hydroxyl groups is 2. The molecular weight excluding hydrogens is 420 g/mol. The maximum atomic E-state index is 12.6. The van der Waals surface area contributed by atoms with Gasteiger partial charge in [-0.05, 0) is 39.7 Å². The van der Waals surface area contributed by atoms with E-state index in [0.29, 0.717) is 0 Å². The van der Waals surface area contributed by atoms with E-state index in [1.165, 1.54) is 6.08 Å². The maximum Gasteiger partial charge on any atom is 0.342 e. The van der Waals surface area contributed by atoms with Crippen molar-refractivity contribution in [3.8, 4) is 0 Å². The number of carbonyl (C=O) groups excluding carboxylic acids is 3. The smallest absolute Gasteiger partial charge is 0.342 e. The van der Waals surface area contributed by atoms with Gasteiger partial charge >= 0.3 is 17.9 Å². The first kappa shape index (κ1) is 22.4. The van der Waals surface area contributed by atoms with Crippen molar-refractivity contribution >= 4 is 17.9 Å². The van der Waals surface area contributed by atoms with E-state index in [1.54, 1.807) is 26.8 Å². The standard InChI is InChI=1S/C23H26O9/c1-6-14-19(27)31-21(5)10-16(29-17(25)12(2)11-24)23-13(3)18(26)30-15(23)9-20(4,32-23)7-8-22(14,21)28/h6,9,16,24,28H,2-3,7-8,10-11H2,1,4-5H3. The van der Waals surface area contributed by atoms with E-state index >= 15 is 0 Å². The Kier molecular flexibility index (Phi) is 4.82. The molecule has 2 N–H and O–H groups in total. The summed E-state index contributed by atoms with van der Waals surface area (Å²) in [6, 6.07) is 0. The quantitative estimate of drug-likeness (QED) is 0.373. The Bertz CT molecular complexity index is 1020. The molecule has 0 aromatic carbocycles. The molecule has 4 heterocycles. The number of hydrogen-bond donors (Lipinski definition) is 2. The number of ether oxygens (including phenoxy) is 4. The minimum atomic E-state index is -1.70. The molecule has 9 heteroatoms. The van der Waals surface area contributed by atoms with Crippen LogP contribution in [0.25, 0.3) is 0 Å². The van der Waals surface area contributed by atoms with Gasteiger partial charge in [0, 0.05) is 6.42 Å². The van der Waals surface area contributed by atoms with Crippen LogP contribution >= 0.6 is 0 Å². The number of fused-ring (bicyclic) bond motifs is 2. The van der Waals surface area contributed by atoms with Crippen molar-refractivity contribution in [2.45, 2.75) is 68.5 Å². The number of esters is 3. The van der Waals surface area contributed by atoms with Crippen molar-refractivity contribution in [2.75, 3.05) is 6.61 Å². The third kappa shape index (κ3) is 2.78. The molecule has 4 aliphatic rings. The van der Waals surface area contributed by atoms with E-state index in [-0.39, 0.29) is 41.7 Å². The Hall–Kier alpha value is -2.75. The summed E-state index contributed by atoms with van der Waals surface area (Å²) in [7, 11) is 0. The Balaban J connectivity index is 1.90. The second kappa shape index (κ2) is 6.87. The number of allylic oxidation sites excluding steroid dienone is 1. The third-order valence-corrected chi connectivity index (χ3v) is 6.98. The van der Waals surface area contributed by atoms with Crippen molar-refractivity contribution in [3.05, 3.63) is 47.8 Å². The SMILES string of the molecule is C=C(CO)C(=O)OC1CC2(C)OC(=O)C(=CC)C2(O)CCC2(C)C=C3OC(=O)C(=C)C31O2. The van der Waals surface area contributed by atoms with Crippen molar-refractivity contribution < 1.29 is 43.5 Å². The third-order valence-electron chi connectivity index (χ3n) is 6.98. The molecule has 4 aliphatic heterocycles. The molecule has 9 nitrogen and oxygen atoms in total. The topological polar surface area (TPSA) is 129 Å². The van der Waals surface area contributed by atoms with Gasteiger partial charge in [0.05, 0.1) is 28.9 Å². The molecule has 2 bridgehead atoms. The van der Waals surface area contributed by atoms with Gasteiger partial charge in [0.15, 0.2) is 5.60 Å². The molecule has 0 aliphatic carbocycles. The largest absolute Gasteiger partial charge is 0.455 e. The maximum absolute atomic E-state index is 12.6. The molecule has 0 saturated carbocycles. The highest BCUT2D eigenvalue weighted by molar-refractivity contribution is 5.97. The van der Waals surface area contributed by atoms with E-state index in [2.05, 4.69) is 13.2 Å². The second-order valence-electron chi connectivity index (χ2n) is 9.07. The molecule has 0 aromatic heterocycles. The summed E-state index contributed by atoms with van der Waals surface area (Å²) >= 11 is 0. The van der Waals surface area contributed by atoms with Gasteiger partial charge in [0.2, 0.25) is 0 Å². The van der Waals surface area contributed by atoms with Crippen molar-refractivity contribution in [2.24, 2.45) is 0 Å². The second-order valence-corrected chi connectivity index (χ2v) is 9.07.